The summed E-state index contributed by atoms with van der Waals surface area (Å²) >= 11 is 0. The van der Waals surface area contributed by atoms with Crippen molar-refractivity contribution in [1.29, 1.82) is 0 Å². The van der Waals surface area contributed by atoms with Crippen LogP contribution in [0.3, 0.4) is 0 Å². The molecule has 0 saturated carbocycles. The summed E-state index contributed by atoms with van der Waals surface area (Å²) in [5.41, 5.74) is 4.46. The molecule has 120 valence electrons. The van der Waals surface area contributed by atoms with Gasteiger partial charge in [-0.05, 0) is 30.5 Å². The van der Waals surface area contributed by atoms with Gasteiger partial charge in [-0.3, -0.25) is 4.79 Å². The van der Waals surface area contributed by atoms with Gasteiger partial charge in [0.2, 0.25) is 5.91 Å². The first kappa shape index (κ1) is 15.5. The Balaban J connectivity index is 1.86. The predicted molar refractivity (Wildman–Crippen MR) is 91.3 cm³/mol. The van der Waals surface area contributed by atoms with Crippen LogP contribution >= 0.6 is 0 Å². The zero-order chi connectivity index (χ0) is 16.2. The van der Waals surface area contributed by atoms with Gasteiger partial charge < -0.3 is 10.2 Å². The number of benzene rings is 1. The smallest absolute Gasteiger partial charge is 0.226 e. The second-order valence-corrected chi connectivity index (χ2v) is 6.22. The van der Waals surface area contributed by atoms with Crippen LogP contribution in [0.1, 0.15) is 31.4 Å². The maximum absolute atomic E-state index is 12.0. The van der Waals surface area contributed by atoms with Gasteiger partial charge in [-0.25, -0.2) is 9.97 Å². The highest BCUT2D eigenvalue weighted by Crippen LogP contribution is 2.33. The lowest BCUT2D eigenvalue weighted by Gasteiger charge is -2.32. The summed E-state index contributed by atoms with van der Waals surface area (Å²) in [6.07, 6.45) is 7.32. The van der Waals surface area contributed by atoms with Crippen LogP contribution in [0, 0.1) is 5.92 Å². The predicted octanol–water partition coefficient (Wildman–Crippen LogP) is 3.02. The Morgan fingerprint density at radius 1 is 1.30 bits per heavy atom. The molecule has 2 aromatic rings. The van der Waals surface area contributed by atoms with E-state index in [1.807, 2.05) is 38.4 Å². The summed E-state index contributed by atoms with van der Waals surface area (Å²) in [7, 11) is 0. The number of anilines is 2. The summed E-state index contributed by atoms with van der Waals surface area (Å²) in [5, 5.41) is 3.06. The third-order valence-corrected chi connectivity index (χ3v) is 4.12. The molecule has 2 heterocycles. The second-order valence-electron chi connectivity index (χ2n) is 6.22. The monoisotopic (exact) mass is 310 g/mol. The van der Waals surface area contributed by atoms with Crippen LogP contribution in [0.25, 0.3) is 0 Å². The van der Waals surface area contributed by atoms with Crippen LogP contribution in [0.2, 0.25) is 0 Å². The van der Waals surface area contributed by atoms with Gasteiger partial charge in [0, 0.05) is 48.3 Å². The first-order chi connectivity index (χ1) is 11.1. The Bertz CT molecular complexity index is 685. The minimum atomic E-state index is -0.0213. The van der Waals surface area contributed by atoms with Crippen molar-refractivity contribution in [3.05, 3.63) is 48.0 Å². The van der Waals surface area contributed by atoms with Crippen molar-refractivity contribution in [2.24, 2.45) is 5.92 Å². The van der Waals surface area contributed by atoms with E-state index in [9.17, 15) is 4.79 Å². The average molecular weight is 310 g/mol. The van der Waals surface area contributed by atoms with E-state index in [1.54, 1.807) is 6.33 Å². The molecular weight excluding hydrogens is 288 g/mol. The van der Waals surface area contributed by atoms with Crippen molar-refractivity contribution in [2.45, 2.75) is 33.2 Å². The number of hydrogen-bond donors (Lipinski definition) is 1. The quantitative estimate of drug-likeness (QED) is 0.943. The number of carbonyl (C=O) groups is 1. The summed E-state index contributed by atoms with van der Waals surface area (Å²) < 4.78 is 0. The highest BCUT2D eigenvalue weighted by atomic mass is 16.1. The molecule has 0 unspecified atom stereocenters. The molecule has 5 nitrogen and oxygen atoms in total. The molecule has 1 aromatic heterocycles. The van der Waals surface area contributed by atoms with Gasteiger partial charge in [-0.1, -0.05) is 19.9 Å². The van der Waals surface area contributed by atoms with E-state index in [2.05, 4.69) is 26.3 Å². The van der Waals surface area contributed by atoms with Gasteiger partial charge in [0.25, 0.3) is 0 Å². The zero-order valence-electron chi connectivity index (χ0n) is 13.6. The van der Waals surface area contributed by atoms with Crippen molar-refractivity contribution < 1.29 is 4.79 Å². The number of nitrogens with zero attached hydrogens (tertiary/aromatic N) is 3. The third kappa shape index (κ3) is 3.50. The Morgan fingerprint density at radius 3 is 2.83 bits per heavy atom. The van der Waals surface area contributed by atoms with Crippen molar-refractivity contribution >= 4 is 17.3 Å². The fourth-order valence-corrected chi connectivity index (χ4v) is 2.89. The number of aromatic nitrogens is 2. The molecule has 23 heavy (non-hydrogen) atoms. The van der Waals surface area contributed by atoms with E-state index < -0.39 is 0 Å². The molecule has 1 aromatic carbocycles. The van der Waals surface area contributed by atoms with Crippen molar-refractivity contribution in [2.75, 3.05) is 16.8 Å². The Kier molecular flexibility index (Phi) is 4.55. The molecule has 0 radical (unpaired) electrons. The topological polar surface area (TPSA) is 58.1 Å². The zero-order valence-corrected chi connectivity index (χ0v) is 13.6. The second kappa shape index (κ2) is 6.77. The molecular formula is C18H22N4O. The number of carbonyl (C=O) groups excluding carboxylic acids is 1. The van der Waals surface area contributed by atoms with Crippen LogP contribution < -0.4 is 10.2 Å². The highest BCUT2D eigenvalue weighted by molar-refractivity contribution is 5.93. The normalized spacial score (nSPS) is 13.8. The summed E-state index contributed by atoms with van der Waals surface area (Å²) in [4.78, 5) is 22.5. The number of amides is 1. The Morgan fingerprint density at radius 2 is 2.09 bits per heavy atom. The first-order valence-corrected chi connectivity index (χ1v) is 8.06. The maximum atomic E-state index is 12.0. The van der Waals surface area contributed by atoms with Gasteiger partial charge in [-0.15, -0.1) is 0 Å². The summed E-state index contributed by atoms with van der Waals surface area (Å²) in [6, 6.07) is 6.13. The van der Waals surface area contributed by atoms with Gasteiger partial charge in [-0.2, -0.15) is 0 Å². The van der Waals surface area contributed by atoms with Crippen molar-refractivity contribution in [1.82, 2.24) is 9.97 Å². The molecule has 0 atom stereocenters. The molecule has 1 aliphatic rings. The van der Waals surface area contributed by atoms with E-state index in [0.29, 0.717) is 0 Å². The average Bonchev–Trinajstić information content (AvgIpc) is 2.56. The highest BCUT2D eigenvalue weighted by Gasteiger charge is 2.21. The summed E-state index contributed by atoms with van der Waals surface area (Å²) in [6.45, 7) is 5.61. The van der Waals surface area contributed by atoms with Gasteiger partial charge >= 0.3 is 0 Å². The molecule has 0 bridgehead atoms. The fraction of sp³-hybridized carbons (Fsp3) is 0.389. The van der Waals surface area contributed by atoms with Crippen molar-refractivity contribution in [3.8, 4) is 0 Å². The molecule has 1 aliphatic heterocycles. The maximum Gasteiger partial charge on any atom is 0.226 e. The van der Waals surface area contributed by atoms with Crippen LogP contribution in [-0.2, 0) is 17.8 Å². The minimum Gasteiger partial charge on any atom is -0.367 e. The van der Waals surface area contributed by atoms with Crippen LogP contribution in [-0.4, -0.2) is 22.4 Å². The third-order valence-electron chi connectivity index (χ3n) is 4.12. The van der Waals surface area contributed by atoms with Gasteiger partial charge in [0.1, 0.15) is 6.33 Å². The first-order valence-electron chi connectivity index (χ1n) is 8.06. The molecule has 0 spiro atoms. The number of hydrogen-bond acceptors (Lipinski definition) is 4. The summed E-state index contributed by atoms with van der Waals surface area (Å²) in [5.74, 6) is 0.0407. The molecule has 0 aliphatic carbocycles. The lowest BCUT2D eigenvalue weighted by atomic mass is 9.99. The Hall–Kier alpha value is -2.43. The van der Waals surface area contributed by atoms with E-state index in [1.165, 1.54) is 11.3 Å². The molecule has 1 amide bonds. The lowest BCUT2D eigenvalue weighted by Crippen LogP contribution is -2.30. The molecule has 3 rings (SSSR count). The SMILES string of the molecule is CC(C)C(=O)Nc1cccc2c1CCCN2Cc1cncnc1. The molecule has 1 N–H and O–H groups in total. The minimum absolute atomic E-state index is 0.0213. The van der Waals surface area contributed by atoms with Gasteiger partial charge in [0.15, 0.2) is 0 Å². The van der Waals surface area contributed by atoms with Crippen LogP contribution in [0.4, 0.5) is 11.4 Å². The largest absolute Gasteiger partial charge is 0.367 e. The fourth-order valence-electron chi connectivity index (χ4n) is 2.89. The van der Waals surface area contributed by atoms with Crippen LogP contribution in [0.15, 0.2) is 36.9 Å². The Labute approximate surface area is 136 Å². The van der Waals surface area contributed by atoms with Crippen LogP contribution in [0.5, 0.6) is 0 Å². The van der Waals surface area contributed by atoms with E-state index in [4.69, 9.17) is 0 Å². The lowest BCUT2D eigenvalue weighted by molar-refractivity contribution is -0.118. The number of rotatable bonds is 4. The molecule has 5 heteroatoms. The molecule has 0 fully saturated rings. The standard InChI is InChI=1S/C18H22N4O/c1-13(2)18(23)21-16-6-3-7-17-15(16)5-4-8-22(17)11-14-9-19-12-20-10-14/h3,6-7,9-10,12-13H,4-5,8,11H2,1-2H3,(H,21,23). The number of fused-ring (bicyclic) bond motifs is 1. The van der Waals surface area contributed by atoms with E-state index in [-0.39, 0.29) is 11.8 Å². The van der Waals surface area contributed by atoms with Crippen molar-refractivity contribution in [3.63, 3.8) is 0 Å². The molecule has 0 saturated heterocycles. The van der Waals surface area contributed by atoms with E-state index >= 15 is 0 Å². The van der Waals surface area contributed by atoms with E-state index in [0.717, 1.165) is 37.2 Å². The number of nitrogens with one attached hydrogen (secondary N) is 1. The van der Waals surface area contributed by atoms with Gasteiger partial charge in [0.05, 0.1) is 0 Å².